The lowest BCUT2D eigenvalue weighted by Gasteiger charge is -1.94. The zero-order valence-electron chi connectivity index (χ0n) is 7.20. The fourth-order valence-electron chi connectivity index (χ4n) is 0.801. The Bertz CT molecular complexity index is 377. The van der Waals surface area contributed by atoms with Crippen molar-refractivity contribution in [3.05, 3.63) is 10.6 Å². The van der Waals surface area contributed by atoms with E-state index < -0.39 is 5.97 Å². The molecule has 0 aliphatic carbocycles. The standard InChI is InChI=1S/C7H7BrN2O3S/c1-3-5(6(12)13)10-7(14-3)9-4(11)2-8/h2H2,1H3,(H,12,13)(H,9,10,11). The number of carbonyl (C=O) groups excluding carboxylic acids is 1. The van der Waals surface area contributed by atoms with E-state index in [0.29, 0.717) is 10.0 Å². The number of aryl methyl sites for hydroxylation is 1. The molecule has 1 heterocycles. The predicted octanol–water partition coefficient (Wildman–Crippen LogP) is 1.48. The molecule has 0 fully saturated rings. The molecular formula is C7H7BrN2O3S. The van der Waals surface area contributed by atoms with Gasteiger partial charge in [-0.05, 0) is 6.92 Å². The summed E-state index contributed by atoms with van der Waals surface area (Å²) < 4.78 is 0. The van der Waals surface area contributed by atoms with Gasteiger partial charge in [-0.1, -0.05) is 15.9 Å². The van der Waals surface area contributed by atoms with Gasteiger partial charge in [0, 0.05) is 4.88 Å². The van der Waals surface area contributed by atoms with Crippen molar-refractivity contribution in [2.45, 2.75) is 6.92 Å². The number of carboxylic acids is 1. The topological polar surface area (TPSA) is 79.3 Å². The van der Waals surface area contributed by atoms with Gasteiger partial charge in [0.05, 0.1) is 5.33 Å². The van der Waals surface area contributed by atoms with Gasteiger partial charge < -0.3 is 10.4 Å². The largest absolute Gasteiger partial charge is 0.476 e. The third kappa shape index (κ3) is 2.52. The summed E-state index contributed by atoms with van der Waals surface area (Å²) in [6.45, 7) is 1.64. The maximum absolute atomic E-state index is 10.9. The molecule has 0 spiro atoms. The first kappa shape index (κ1) is 11.1. The first-order chi connectivity index (χ1) is 6.54. The Morgan fingerprint density at radius 1 is 1.64 bits per heavy atom. The van der Waals surface area contributed by atoms with E-state index in [9.17, 15) is 9.59 Å². The molecule has 0 aliphatic rings. The molecular weight excluding hydrogens is 272 g/mol. The number of rotatable bonds is 3. The van der Waals surface area contributed by atoms with Crippen molar-refractivity contribution in [1.29, 1.82) is 0 Å². The number of hydrogen-bond donors (Lipinski definition) is 2. The highest BCUT2D eigenvalue weighted by atomic mass is 79.9. The lowest BCUT2D eigenvalue weighted by molar-refractivity contribution is -0.113. The zero-order valence-corrected chi connectivity index (χ0v) is 9.61. The smallest absolute Gasteiger partial charge is 0.355 e. The summed E-state index contributed by atoms with van der Waals surface area (Å²) in [5.41, 5.74) is -0.0140. The van der Waals surface area contributed by atoms with Crippen LogP contribution in [0.15, 0.2) is 0 Å². The van der Waals surface area contributed by atoms with Crippen LogP contribution >= 0.6 is 27.3 Å². The first-order valence-electron chi connectivity index (χ1n) is 3.61. The van der Waals surface area contributed by atoms with Crippen LogP contribution in [0.1, 0.15) is 15.4 Å². The van der Waals surface area contributed by atoms with Crippen LogP contribution in [0.25, 0.3) is 0 Å². The highest BCUT2D eigenvalue weighted by Crippen LogP contribution is 2.21. The van der Waals surface area contributed by atoms with Gasteiger partial charge in [0.1, 0.15) is 0 Å². The second-order valence-corrected chi connectivity index (χ2v) is 4.17. The monoisotopic (exact) mass is 278 g/mol. The normalized spacial score (nSPS) is 9.86. The van der Waals surface area contributed by atoms with Gasteiger partial charge in [0.15, 0.2) is 10.8 Å². The maximum Gasteiger partial charge on any atom is 0.355 e. The van der Waals surface area contributed by atoms with Crippen LogP contribution in [0.3, 0.4) is 0 Å². The highest BCUT2D eigenvalue weighted by Gasteiger charge is 2.14. The summed E-state index contributed by atoms with van der Waals surface area (Å²) >= 11 is 4.12. The van der Waals surface area contributed by atoms with Crippen molar-refractivity contribution in [2.24, 2.45) is 0 Å². The van der Waals surface area contributed by atoms with Gasteiger partial charge in [-0.25, -0.2) is 9.78 Å². The van der Waals surface area contributed by atoms with E-state index in [1.165, 1.54) is 0 Å². The Hall–Kier alpha value is -0.950. The van der Waals surface area contributed by atoms with E-state index in [4.69, 9.17) is 5.11 Å². The van der Waals surface area contributed by atoms with Crippen molar-refractivity contribution in [3.8, 4) is 0 Å². The highest BCUT2D eigenvalue weighted by molar-refractivity contribution is 9.09. The Morgan fingerprint density at radius 2 is 2.29 bits per heavy atom. The second-order valence-electron chi connectivity index (χ2n) is 2.41. The summed E-state index contributed by atoms with van der Waals surface area (Å²) in [4.78, 5) is 25.9. The maximum atomic E-state index is 10.9. The van der Waals surface area contributed by atoms with Crippen LogP contribution in [0.4, 0.5) is 5.13 Å². The fourth-order valence-corrected chi connectivity index (χ4v) is 1.76. The van der Waals surface area contributed by atoms with E-state index in [1.54, 1.807) is 6.92 Å². The van der Waals surface area contributed by atoms with E-state index >= 15 is 0 Å². The molecule has 0 unspecified atom stereocenters. The fraction of sp³-hybridized carbons (Fsp3) is 0.286. The van der Waals surface area contributed by atoms with Gasteiger partial charge in [-0.3, -0.25) is 4.79 Å². The molecule has 1 aromatic rings. The molecule has 0 saturated heterocycles. The van der Waals surface area contributed by atoms with Crippen LogP contribution in [0.5, 0.6) is 0 Å². The third-order valence-corrected chi connectivity index (χ3v) is 2.76. The number of anilines is 1. The number of halogens is 1. The summed E-state index contributed by atoms with van der Waals surface area (Å²) in [6, 6.07) is 0. The number of aromatic nitrogens is 1. The molecule has 7 heteroatoms. The second kappa shape index (κ2) is 4.52. The van der Waals surface area contributed by atoms with Crippen LogP contribution in [0, 0.1) is 6.92 Å². The third-order valence-electron chi connectivity index (χ3n) is 1.37. The lowest BCUT2D eigenvalue weighted by Crippen LogP contribution is -2.12. The SMILES string of the molecule is Cc1sc(NC(=O)CBr)nc1C(=O)O. The van der Waals surface area contributed by atoms with E-state index in [2.05, 4.69) is 26.2 Å². The number of hydrogen-bond acceptors (Lipinski definition) is 4. The van der Waals surface area contributed by atoms with E-state index in [-0.39, 0.29) is 16.9 Å². The number of thiazole rings is 1. The molecule has 0 radical (unpaired) electrons. The quantitative estimate of drug-likeness (QED) is 0.821. The Balaban J connectivity index is 2.86. The molecule has 14 heavy (non-hydrogen) atoms. The molecule has 1 rings (SSSR count). The minimum atomic E-state index is -1.09. The molecule has 5 nitrogen and oxygen atoms in total. The summed E-state index contributed by atoms with van der Waals surface area (Å²) in [5.74, 6) is -1.34. The molecule has 0 saturated carbocycles. The van der Waals surface area contributed by atoms with Crippen LogP contribution in [0.2, 0.25) is 0 Å². The van der Waals surface area contributed by atoms with Crippen molar-refractivity contribution >= 4 is 44.3 Å². The Labute approximate surface area is 92.3 Å². The number of carboxylic acid groups (broad SMARTS) is 1. The summed E-state index contributed by atoms with van der Waals surface area (Å²) in [7, 11) is 0. The minimum Gasteiger partial charge on any atom is -0.476 e. The first-order valence-corrected chi connectivity index (χ1v) is 5.55. The van der Waals surface area contributed by atoms with Gasteiger partial charge in [-0.2, -0.15) is 0 Å². The van der Waals surface area contributed by atoms with Gasteiger partial charge in [0.25, 0.3) is 0 Å². The number of nitrogens with zero attached hydrogens (tertiary/aromatic N) is 1. The Morgan fingerprint density at radius 3 is 2.71 bits per heavy atom. The lowest BCUT2D eigenvalue weighted by atomic mass is 10.4. The number of nitrogens with one attached hydrogen (secondary N) is 1. The van der Waals surface area contributed by atoms with E-state index in [1.807, 2.05) is 0 Å². The molecule has 0 aliphatic heterocycles. The number of amides is 1. The molecule has 0 aromatic carbocycles. The van der Waals surface area contributed by atoms with Gasteiger partial charge >= 0.3 is 5.97 Å². The molecule has 0 atom stereocenters. The predicted molar refractivity (Wildman–Crippen MR) is 56.2 cm³/mol. The van der Waals surface area contributed by atoms with Gasteiger partial charge in [-0.15, -0.1) is 11.3 Å². The molecule has 0 bridgehead atoms. The average molecular weight is 279 g/mol. The average Bonchev–Trinajstić information content (AvgIpc) is 2.46. The van der Waals surface area contributed by atoms with Crippen LogP contribution in [-0.2, 0) is 4.79 Å². The Kier molecular flexibility index (Phi) is 3.59. The van der Waals surface area contributed by atoms with E-state index in [0.717, 1.165) is 11.3 Å². The van der Waals surface area contributed by atoms with Crippen molar-refractivity contribution < 1.29 is 14.7 Å². The van der Waals surface area contributed by atoms with Crippen molar-refractivity contribution in [1.82, 2.24) is 4.98 Å². The van der Waals surface area contributed by atoms with Crippen molar-refractivity contribution in [3.63, 3.8) is 0 Å². The van der Waals surface area contributed by atoms with Crippen LogP contribution in [-0.4, -0.2) is 27.3 Å². The number of carbonyl (C=O) groups is 2. The molecule has 76 valence electrons. The summed E-state index contributed by atoms with van der Waals surface area (Å²) in [5, 5.41) is 11.6. The van der Waals surface area contributed by atoms with Crippen LogP contribution < -0.4 is 5.32 Å². The number of alkyl halides is 1. The zero-order chi connectivity index (χ0) is 10.7. The number of aromatic carboxylic acids is 1. The summed E-state index contributed by atoms with van der Waals surface area (Å²) in [6.07, 6.45) is 0. The molecule has 1 aromatic heterocycles. The van der Waals surface area contributed by atoms with Crippen molar-refractivity contribution in [2.75, 3.05) is 10.6 Å². The molecule has 1 amide bonds. The van der Waals surface area contributed by atoms with Gasteiger partial charge in [0.2, 0.25) is 5.91 Å². The molecule has 2 N–H and O–H groups in total. The minimum absolute atomic E-state index is 0.0140.